The molecule has 1 aliphatic rings. The van der Waals surface area contributed by atoms with Crippen LogP contribution in [0.5, 0.6) is 0 Å². The van der Waals surface area contributed by atoms with Gasteiger partial charge in [0.05, 0.1) is 24.0 Å². The molecule has 9 nitrogen and oxygen atoms in total. The topological polar surface area (TPSA) is 98.3 Å². The van der Waals surface area contributed by atoms with Crippen LogP contribution in [0.15, 0.2) is 70.4 Å². The number of benzene rings is 2. The molecule has 0 radical (unpaired) electrons. The van der Waals surface area contributed by atoms with E-state index in [2.05, 4.69) is 25.4 Å². The van der Waals surface area contributed by atoms with Crippen molar-refractivity contribution in [3.8, 4) is 17.1 Å². The summed E-state index contributed by atoms with van der Waals surface area (Å²) >= 11 is 7.87. The smallest absolute Gasteiger partial charge is 0.273 e. The second-order valence-corrected chi connectivity index (χ2v) is 9.43. The van der Waals surface area contributed by atoms with Crippen molar-refractivity contribution in [1.29, 1.82) is 0 Å². The van der Waals surface area contributed by atoms with Gasteiger partial charge in [-0.2, -0.15) is 0 Å². The minimum atomic E-state index is -0.253. The first-order valence-corrected chi connectivity index (χ1v) is 13.0. The zero-order valence-corrected chi connectivity index (χ0v) is 21.0. The van der Waals surface area contributed by atoms with Crippen LogP contribution in [0.25, 0.3) is 17.1 Å². The van der Waals surface area contributed by atoms with Crippen LogP contribution in [-0.2, 0) is 10.5 Å². The third-order valence-electron chi connectivity index (χ3n) is 5.69. The summed E-state index contributed by atoms with van der Waals surface area (Å²) in [6, 6.07) is 17.4. The summed E-state index contributed by atoms with van der Waals surface area (Å²) in [5.41, 5.74) is 1.95. The highest BCUT2D eigenvalue weighted by molar-refractivity contribution is 7.98. The average molecular weight is 525 g/mol. The molecular formula is C25H25ClN6O3S. The highest BCUT2D eigenvalue weighted by Gasteiger charge is 2.19. The molecule has 36 heavy (non-hydrogen) atoms. The van der Waals surface area contributed by atoms with Crippen molar-refractivity contribution in [2.45, 2.75) is 10.9 Å². The van der Waals surface area contributed by atoms with Crippen molar-refractivity contribution >= 4 is 29.3 Å². The van der Waals surface area contributed by atoms with Crippen LogP contribution in [-0.4, -0.2) is 69.9 Å². The number of oxazole rings is 1. The number of hydrogen-bond acceptors (Lipinski definition) is 8. The van der Waals surface area contributed by atoms with Gasteiger partial charge in [-0.1, -0.05) is 53.7 Å². The minimum absolute atomic E-state index is 0.253. The zero-order chi connectivity index (χ0) is 24.7. The lowest BCUT2D eigenvalue weighted by atomic mass is 10.2. The molecule has 2 aromatic carbocycles. The van der Waals surface area contributed by atoms with Gasteiger partial charge in [0, 0.05) is 37.4 Å². The van der Waals surface area contributed by atoms with Crippen molar-refractivity contribution in [2.75, 3.05) is 39.4 Å². The predicted octanol–water partition coefficient (Wildman–Crippen LogP) is 3.93. The molecule has 2 aromatic heterocycles. The van der Waals surface area contributed by atoms with Gasteiger partial charge in [-0.15, -0.1) is 10.2 Å². The van der Waals surface area contributed by atoms with Gasteiger partial charge in [-0.25, -0.2) is 4.98 Å². The first-order valence-electron chi connectivity index (χ1n) is 11.6. The summed E-state index contributed by atoms with van der Waals surface area (Å²) in [4.78, 5) is 19.1. The van der Waals surface area contributed by atoms with E-state index in [-0.39, 0.29) is 11.6 Å². The highest BCUT2D eigenvalue weighted by atomic mass is 35.5. The van der Waals surface area contributed by atoms with Gasteiger partial charge < -0.3 is 14.5 Å². The fraction of sp³-hybridized carbons (Fsp3) is 0.280. The fourth-order valence-electron chi connectivity index (χ4n) is 3.84. The lowest BCUT2D eigenvalue weighted by molar-refractivity contribution is 0.0383. The van der Waals surface area contributed by atoms with E-state index in [1.54, 1.807) is 0 Å². The summed E-state index contributed by atoms with van der Waals surface area (Å²) in [7, 11) is 0. The molecule has 0 bridgehead atoms. The number of carbonyl (C=O) groups excluding carboxylic acids is 1. The maximum Gasteiger partial charge on any atom is 0.273 e. The van der Waals surface area contributed by atoms with E-state index in [1.165, 1.54) is 18.0 Å². The molecule has 0 aliphatic carbocycles. The lowest BCUT2D eigenvalue weighted by Gasteiger charge is -2.26. The Hall–Kier alpha value is -3.18. The molecular weight excluding hydrogens is 500 g/mol. The van der Waals surface area contributed by atoms with Crippen molar-refractivity contribution in [3.63, 3.8) is 0 Å². The molecule has 0 unspecified atom stereocenters. The maximum atomic E-state index is 12.5. The Morgan fingerprint density at radius 1 is 1.06 bits per heavy atom. The third kappa shape index (κ3) is 5.79. The van der Waals surface area contributed by atoms with E-state index >= 15 is 0 Å². The van der Waals surface area contributed by atoms with Crippen molar-refractivity contribution in [3.05, 3.63) is 77.5 Å². The number of carbonyl (C=O) groups is 1. The molecule has 0 atom stereocenters. The van der Waals surface area contributed by atoms with E-state index in [9.17, 15) is 4.79 Å². The Balaban J connectivity index is 1.26. The number of ether oxygens (including phenoxy) is 1. The lowest BCUT2D eigenvalue weighted by Crippen LogP contribution is -2.41. The quantitative estimate of drug-likeness (QED) is 0.329. The Labute approximate surface area is 217 Å². The first-order chi connectivity index (χ1) is 17.7. The molecule has 3 heterocycles. The van der Waals surface area contributed by atoms with Crippen LogP contribution in [0.3, 0.4) is 0 Å². The minimum Gasteiger partial charge on any atom is -0.447 e. The van der Waals surface area contributed by atoms with Crippen molar-refractivity contribution in [2.24, 2.45) is 0 Å². The third-order valence-corrected chi connectivity index (χ3v) is 6.93. The van der Waals surface area contributed by atoms with Crippen LogP contribution >= 0.6 is 23.4 Å². The fourth-order valence-corrected chi connectivity index (χ4v) is 4.87. The number of nitrogens with one attached hydrogen (secondary N) is 1. The second-order valence-electron chi connectivity index (χ2n) is 8.08. The monoisotopic (exact) mass is 524 g/mol. The molecule has 1 amide bonds. The first kappa shape index (κ1) is 24.5. The highest BCUT2D eigenvalue weighted by Crippen LogP contribution is 2.32. The number of thioether (sulfide) groups is 1. The Kier molecular flexibility index (Phi) is 7.97. The van der Waals surface area contributed by atoms with Gasteiger partial charge in [0.2, 0.25) is 5.89 Å². The molecule has 11 heteroatoms. The van der Waals surface area contributed by atoms with Gasteiger partial charge in [0.1, 0.15) is 6.26 Å². The van der Waals surface area contributed by atoms with Gasteiger partial charge in [0.15, 0.2) is 16.7 Å². The maximum absolute atomic E-state index is 12.5. The molecule has 186 valence electrons. The second kappa shape index (κ2) is 11.7. The van der Waals surface area contributed by atoms with E-state index in [1.807, 2.05) is 59.2 Å². The van der Waals surface area contributed by atoms with Gasteiger partial charge in [0.25, 0.3) is 5.91 Å². The van der Waals surface area contributed by atoms with Crippen LogP contribution in [0, 0.1) is 0 Å². The predicted molar refractivity (Wildman–Crippen MR) is 137 cm³/mol. The standard InChI is InChI=1S/C25H25ClN6O3S/c26-20-9-5-4-8-19(20)23-29-30-25(32(23)18-6-2-1-3-7-18)36-17-22-28-21(16-35-22)24(33)27-10-11-31-12-14-34-15-13-31/h1-9,16H,10-15,17H2,(H,27,33). The Morgan fingerprint density at radius 2 is 1.83 bits per heavy atom. The molecule has 1 saturated heterocycles. The Morgan fingerprint density at radius 3 is 2.64 bits per heavy atom. The number of hydrogen-bond donors (Lipinski definition) is 1. The van der Waals surface area contributed by atoms with Crippen LogP contribution in [0.1, 0.15) is 16.4 Å². The number of rotatable bonds is 9. The van der Waals surface area contributed by atoms with E-state index in [4.69, 9.17) is 20.8 Å². The van der Waals surface area contributed by atoms with Crippen molar-refractivity contribution in [1.82, 2.24) is 30.0 Å². The summed E-state index contributed by atoms with van der Waals surface area (Å²) in [6.07, 6.45) is 1.39. The van der Waals surface area contributed by atoms with E-state index in [0.29, 0.717) is 34.2 Å². The number of halogens is 1. The zero-order valence-electron chi connectivity index (χ0n) is 19.5. The Bertz CT molecular complexity index is 1310. The molecule has 1 fully saturated rings. The molecule has 5 rings (SSSR count). The molecule has 0 spiro atoms. The van der Waals surface area contributed by atoms with Crippen LogP contribution in [0.2, 0.25) is 5.02 Å². The normalized spacial score (nSPS) is 14.1. The number of nitrogens with zero attached hydrogens (tertiary/aromatic N) is 5. The largest absolute Gasteiger partial charge is 0.447 e. The molecule has 1 aliphatic heterocycles. The van der Waals surface area contributed by atoms with Crippen LogP contribution in [0.4, 0.5) is 0 Å². The SMILES string of the molecule is O=C(NCCN1CCOCC1)c1coc(CSc2nnc(-c3ccccc3Cl)n2-c2ccccc2)n1. The molecule has 0 saturated carbocycles. The summed E-state index contributed by atoms with van der Waals surface area (Å²) in [5.74, 6) is 1.20. The average Bonchev–Trinajstić information content (AvgIpc) is 3.56. The number of para-hydroxylation sites is 1. The van der Waals surface area contributed by atoms with Gasteiger partial charge in [-0.3, -0.25) is 14.3 Å². The number of morpholine rings is 1. The van der Waals surface area contributed by atoms with Gasteiger partial charge in [-0.05, 0) is 24.3 Å². The molecule has 4 aromatic rings. The number of aromatic nitrogens is 4. The molecule has 1 N–H and O–H groups in total. The van der Waals surface area contributed by atoms with Crippen molar-refractivity contribution < 1.29 is 13.9 Å². The van der Waals surface area contributed by atoms with Crippen LogP contribution < -0.4 is 5.32 Å². The summed E-state index contributed by atoms with van der Waals surface area (Å²) < 4.78 is 12.9. The summed E-state index contributed by atoms with van der Waals surface area (Å²) in [6.45, 7) is 4.55. The number of amides is 1. The van der Waals surface area contributed by atoms with E-state index in [0.717, 1.165) is 44.1 Å². The summed E-state index contributed by atoms with van der Waals surface area (Å²) in [5, 5.41) is 13.0. The van der Waals surface area contributed by atoms with Gasteiger partial charge >= 0.3 is 0 Å². The van der Waals surface area contributed by atoms with E-state index < -0.39 is 0 Å².